The lowest BCUT2D eigenvalue weighted by Crippen LogP contribution is -2.51. The van der Waals surface area contributed by atoms with Crippen molar-refractivity contribution in [1.29, 1.82) is 0 Å². The lowest BCUT2D eigenvalue weighted by Gasteiger charge is -2.25. The predicted molar refractivity (Wildman–Crippen MR) is 199 cm³/mol. The van der Waals surface area contributed by atoms with Crippen molar-refractivity contribution in [3.05, 3.63) is 70.8 Å². The molecule has 304 valence electrons. The van der Waals surface area contributed by atoms with Gasteiger partial charge in [-0.15, -0.1) is 0 Å². The highest BCUT2D eigenvalue weighted by Gasteiger charge is 2.38. The molecule has 0 fully saturated rings. The zero-order valence-electron chi connectivity index (χ0n) is 31.3. The van der Waals surface area contributed by atoms with Crippen LogP contribution in [0.3, 0.4) is 0 Å². The van der Waals surface area contributed by atoms with E-state index >= 15 is 0 Å². The summed E-state index contributed by atoms with van der Waals surface area (Å²) in [6, 6.07) is 13.1. The number of hydrogen-bond donors (Lipinski definition) is 6. The highest BCUT2D eigenvalue weighted by molar-refractivity contribution is 7.98. The topological polar surface area (TPSA) is 201 Å². The summed E-state index contributed by atoms with van der Waals surface area (Å²) < 4.78 is 42.5. The number of unbranched alkanes of at least 4 members (excludes halogenated alkanes) is 1. The van der Waals surface area contributed by atoms with Gasteiger partial charge in [-0.3, -0.25) is 14.4 Å². The average Bonchev–Trinajstić information content (AvgIpc) is 3.13. The quantitative estimate of drug-likeness (QED) is 0.100. The van der Waals surface area contributed by atoms with Crippen LogP contribution in [0.15, 0.2) is 48.5 Å². The van der Waals surface area contributed by atoms with E-state index in [9.17, 15) is 37.1 Å². The number of nitrogens with one attached hydrogen (secondary N) is 5. The van der Waals surface area contributed by atoms with Gasteiger partial charge in [0.2, 0.25) is 11.8 Å². The molecule has 3 rings (SSSR count). The van der Waals surface area contributed by atoms with Gasteiger partial charge >= 0.3 is 24.2 Å². The fourth-order valence-electron chi connectivity index (χ4n) is 5.08. The number of amides is 4. The summed E-state index contributed by atoms with van der Waals surface area (Å²) in [5, 5.41) is 21.3. The second-order valence-corrected chi connectivity index (χ2v) is 14.3. The minimum Gasteiger partial charge on any atom is -0.475 e. The number of esters is 1. The molecule has 6 N–H and O–H groups in total. The number of halogens is 3. The number of alkyl halides is 3. The van der Waals surface area contributed by atoms with E-state index in [1.54, 1.807) is 38.6 Å². The number of hydrogen-bond acceptors (Lipinski definition) is 10. The summed E-state index contributed by atoms with van der Waals surface area (Å²) in [5.41, 5.74) is 2.70. The third kappa shape index (κ3) is 18.4. The largest absolute Gasteiger partial charge is 0.490 e. The number of carbonyl (C=O) groups is 6. The van der Waals surface area contributed by atoms with E-state index in [0.29, 0.717) is 43.7 Å². The van der Waals surface area contributed by atoms with Crippen molar-refractivity contribution in [2.24, 2.45) is 0 Å². The van der Waals surface area contributed by atoms with Crippen LogP contribution in [0.1, 0.15) is 73.5 Å². The van der Waals surface area contributed by atoms with Gasteiger partial charge < -0.3 is 41.2 Å². The Morgan fingerprint density at radius 1 is 0.909 bits per heavy atom. The number of rotatable bonds is 17. The van der Waals surface area contributed by atoms with Gasteiger partial charge in [0.25, 0.3) is 5.91 Å². The van der Waals surface area contributed by atoms with Gasteiger partial charge in [-0.1, -0.05) is 42.5 Å². The first-order chi connectivity index (χ1) is 25.9. The van der Waals surface area contributed by atoms with Gasteiger partial charge in [-0.05, 0) is 94.2 Å². The van der Waals surface area contributed by atoms with E-state index in [0.717, 1.165) is 29.7 Å². The summed E-state index contributed by atoms with van der Waals surface area (Å²) in [6.07, 6.45) is -1.32. The number of carboxylic acids is 1. The molecule has 0 unspecified atom stereocenters. The Bertz CT molecular complexity index is 1590. The van der Waals surface area contributed by atoms with E-state index in [1.807, 2.05) is 48.7 Å². The number of alkyl carbamates (subject to hydrolysis) is 1. The lowest BCUT2D eigenvalue weighted by molar-refractivity contribution is -0.192. The molecule has 18 heteroatoms. The summed E-state index contributed by atoms with van der Waals surface area (Å²) in [4.78, 5) is 73.2. The molecule has 2 atom stereocenters. The van der Waals surface area contributed by atoms with Crippen LogP contribution in [0.5, 0.6) is 0 Å². The number of aliphatic carboxylic acids is 1. The molecule has 1 heterocycles. The number of carboxylic acid groups (broad SMARTS) is 1. The van der Waals surface area contributed by atoms with E-state index in [4.69, 9.17) is 19.4 Å². The Balaban J connectivity index is 0.00000136. The third-order valence-corrected chi connectivity index (χ3v) is 8.36. The van der Waals surface area contributed by atoms with Crippen molar-refractivity contribution < 1.29 is 56.5 Å². The highest BCUT2D eigenvalue weighted by Crippen LogP contribution is 2.19. The number of ether oxygens (including phenoxy) is 2. The molecular formula is C37H50F3N5O9S. The van der Waals surface area contributed by atoms with Crippen LogP contribution in [0, 0.1) is 0 Å². The van der Waals surface area contributed by atoms with E-state index in [-0.39, 0.29) is 25.5 Å². The molecule has 4 amide bonds. The Kier molecular flexibility index (Phi) is 19.5. The zero-order valence-corrected chi connectivity index (χ0v) is 32.1. The third-order valence-electron chi connectivity index (χ3n) is 7.71. The highest BCUT2D eigenvalue weighted by atomic mass is 32.2. The average molecular weight is 798 g/mol. The van der Waals surface area contributed by atoms with Crippen LogP contribution in [0.4, 0.5) is 18.0 Å². The first-order valence-corrected chi connectivity index (χ1v) is 19.0. The minimum absolute atomic E-state index is 0.160. The molecule has 0 spiro atoms. The molecule has 0 aromatic heterocycles. The van der Waals surface area contributed by atoms with Gasteiger partial charge in [0.1, 0.15) is 24.3 Å². The molecule has 1 aliphatic heterocycles. The van der Waals surface area contributed by atoms with Crippen LogP contribution in [0.25, 0.3) is 0 Å². The number of benzene rings is 2. The summed E-state index contributed by atoms with van der Waals surface area (Å²) >= 11 is 1.55. The van der Waals surface area contributed by atoms with Crippen molar-refractivity contribution in [1.82, 2.24) is 26.6 Å². The van der Waals surface area contributed by atoms with Crippen LogP contribution in [-0.2, 0) is 48.2 Å². The Morgan fingerprint density at radius 2 is 1.60 bits per heavy atom. The molecule has 0 radical (unpaired) electrons. The SMILES string of the molecule is CSCC[C@H](NC(=O)c1cccc2c1CCNC2)C(=O)NCC(=O)N[C@@H](CCCCNC(=O)OCc1ccccc1)C(=O)OC(C)(C)C.O=C(O)C(F)(F)F. The summed E-state index contributed by atoms with van der Waals surface area (Å²) in [7, 11) is 0. The second-order valence-electron chi connectivity index (χ2n) is 13.3. The van der Waals surface area contributed by atoms with Crippen LogP contribution in [-0.4, -0.2) is 96.4 Å². The van der Waals surface area contributed by atoms with E-state index in [2.05, 4.69) is 26.6 Å². The molecule has 1 aliphatic rings. The Morgan fingerprint density at radius 3 is 2.24 bits per heavy atom. The molecule has 2 aromatic carbocycles. The van der Waals surface area contributed by atoms with Crippen molar-refractivity contribution in [3.63, 3.8) is 0 Å². The summed E-state index contributed by atoms with van der Waals surface area (Å²) in [6.45, 7) is 6.77. The maximum atomic E-state index is 13.3. The van der Waals surface area contributed by atoms with Crippen molar-refractivity contribution in [2.45, 2.75) is 89.9 Å². The van der Waals surface area contributed by atoms with Gasteiger partial charge in [-0.25, -0.2) is 14.4 Å². The molecule has 0 saturated carbocycles. The minimum atomic E-state index is -5.08. The van der Waals surface area contributed by atoms with Crippen molar-refractivity contribution >= 4 is 47.5 Å². The zero-order chi connectivity index (χ0) is 41.0. The fraction of sp³-hybridized carbons (Fsp3) is 0.514. The van der Waals surface area contributed by atoms with E-state index < -0.39 is 53.7 Å². The maximum Gasteiger partial charge on any atom is 0.490 e. The van der Waals surface area contributed by atoms with Crippen LogP contribution < -0.4 is 26.6 Å². The number of carbonyl (C=O) groups excluding carboxylic acids is 5. The smallest absolute Gasteiger partial charge is 0.475 e. The molecule has 0 bridgehead atoms. The normalized spacial score (nSPS) is 13.4. The number of thioether (sulfide) groups is 1. The molecule has 0 aliphatic carbocycles. The lowest BCUT2D eigenvalue weighted by atomic mass is 9.95. The standard InChI is InChI=1S/C35H49N5O7S.C2HF3O2/c1-35(2,3)47-33(44)29(15-8-9-18-37-34(45)46-23-24-11-6-5-7-12-24)39-30(41)22-38-32(43)28(17-20-48-4)40-31(42)27-14-10-13-25-21-36-19-16-26(25)27;3-2(4,5)1(6)7/h5-7,10-14,28-29,36H,8-9,15-23H2,1-4H3,(H,37,45)(H,38,43)(H,39,41)(H,40,42);(H,6,7)/t28-,29-;/m0./s1. The molecule has 0 saturated heterocycles. The van der Waals surface area contributed by atoms with Crippen LogP contribution in [0.2, 0.25) is 0 Å². The second kappa shape index (κ2) is 23.2. The Labute approximate surface area is 322 Å². The Hall–Kier alpha value is -4.84. The van der Waals surface area contributed by atoms with Gasteiger partial charge in [-0.2, -0.15) is 24.9 Å². The van der Waals surface area contributed by atoms with Crippen molar-refractivity contribution in [3.8, 4) is 0 Å². The first kappa shape index (κ1) is 46.3. The van der Waals surface area contributed by atoms with Gasteiger partial charge in [0, 0.05) is 18.7 Å². The summed E-state index contributed by atoms with van der Waals surface area (Å²) in [5.74, 6) is -4.11. The first-order valence-electron chi connectivity index (χ1n) is 17.6. The maximum absolute atomic E-state index is 13.3. The van der Waals surface area contributed by atoms with Gasteiger partial charge in [0.15, 0.2) is 0 Å². The van der Waals surface area contributed by atoms with Crippen molar-refractivity contribution in [2.75, 3.05) is 31.6 Å². The van der Waals surface area contributed by atoms with E-state index in [1.165, 1.54) is 0 Å². The van der Waals surface area contributed by atoms with Gasteiger partial charge in [0.05, 0.1) is 6.54 Å². The molecule has 55 heavy (non-hydrogen) atoms. The predicted octanol–water partition coefficient (Wildman–Crippen LogP) is 3.86. The van der Waals surface area contributed by atoms with Crippen LogP contribution >= 0.6 is 11.8 Å². The molecule has 2 aromatic rings. The molecule has 14 nitrogen and oxygen atoms in total. The monoisotopic (exact) mass is 797 g/mol. The number of fused-ring (bicyclic) bond motifs is 1. The molecular weight excluding hydrogens is 747 g/mol. The fourth-order valence-corrected chi connectivity index (χ4v) is 5.55.